The normalized spacial score (nSPS) is 14.3. The SMILES string of the molecule is CN1CC=CCCOc2cc(F)cc(c2)-c2ccnc(n2)Nc2ccc(CCCn3cncn3)c(c2)C1. The van der Waals surface area contributed by atoms with Crippen molar-refractivity contribution < 1.29 is 9.13 Å². The molecule has 0 atom stereocenters. The number of hydrogen-bond acceptors (Lipinski definition) is 7. The van der Waals surface area contributed by atoms with Crippen LogP contribution >= 0.6 is 0 Å². The predicted octanol–water partition coefficient (Wildman–Crippen LogP) is 5.02. The molecule has 0 unspecified atom stereocenters. The second-order valence-electron chi connectivity index (χ2n) is 9.12. The van der Waals surface area contributed by atoms with Crippen LogP contribution in [0.25, 0.3) is 11.3 Å². The fourth-order valence-corrected chi connectivity index (χ4v) is 4.35. The molecule has 1 N–H and O–H groups in total. The molecule has 0 radical (unpaired) electrons. The van der Waals surface area contributed by atoms with E-state index in [9.17, 15) is 4.39 Å². The molecule has 0 amide bonds. The van der Waals surface area contributed by atoms with Gasteiger partial charge in [-0.2, -0.15) is 5.10 Å². The molecule has 0 saturated heterocycles. The van der Waals surface area contributed by atoms with Gasteiger partial charge >= 0.3 is 0 Å². The van der Waals surface area contributed by atoms with Crippen LogP contribution in [0.5, 0.6) is 5.75 Å². The summed E-state index contributed by atoms with van der Waals surface area (Å²) in [4.78, 5) is 15.3. The Bertz CT molecular complexity index is 1360. The summed E-state index contributed by atoms with van der Waals surface area (Å²) in [5.74, 6) is 0.571. The van der Waals surface area contributed by atoms with Crippen LogP contribution in [0.2, 0.25) is 0 Å². The molecule has 0 fully saturated rings. The Balaban J connectivity index is 1.43. The first-order valence-electron chi connectivity index (χ1n) is 12.4. The highest BCUT2D eigenvalue weighted by molar-refractivity contribution is 5.64. The van der Waals surface area contributed by atoms with Gasteiger partial charge in [-0.05, 0) is 67.8 Å². The van der Waals surface area contributed by atoms with E-state index in [2.05, 4.69) is 67.7 Å². The fourth-order valence-electron chi connectivity index (χ4n) is 4.35. The maximum Gasteiger partial charge on any atom is 0.227 e. The van der Waals surface area contributed by atoms with Crippen molar-refractivity contribution in [2.45, 2.75) is 32.4 Å². The summed E-state index contributed by atoms with van der Waals surface area (Å²) in [7, 11) is 2.11. The summed E-state index contributed by atoms with van der Waals surface area (Å²) in [5, 5.41) is 7.53. The van der Waals surface area contributed by atoms with Gasteiger partial charge in [0.2, 0.25) is 5.95 Å². The first kappa shape index (κ1) is 24.6. The quantitative estimate of drug-likeness (QED) is 0.395. The number of likely N-dealkylation sites (N-methyl/N-ethyl adjacent to an activating group) is 1. The van der Waals surface area contributed by atoms with Crippen molar-refractivity contribution in [3.63, 3.8) is 0 Å². The number of anilines is 2. The van der Waals surface area contributed by atoms with Crippen LogP contribution in [0.4, 0.5) is 16.0 Å². The zero-order chi connectivity index (χ0) is 25.5. The lowest BCUT2D eigenvalue weighted by Gasteiger charge is -2.19. The number of hydrogen-bond donors (Lipinski definition) is 1. The molecule has 8 nitrogen and oxygen atoms in total. The van der Waals surface area contributed by atoms with Gasteiger partial charge in [-0.25, -0.2) is 19.3 Å². The number of ether oxygens (including phenoxy) is 1. The topological polar surface area (TPSA) is 81.0 Å². The van der Waals surface area contributed by atoms with Crippen molar-refractivity contribution in [1.29, 1.82) is 0 Å². The van der Waals surface area contributed by atoms with Crippen LogP contribution in [0.1, 0.15) is 24.0 Å². The molecule has 5 rings (SSSR count). The Kier molecular flexibility index (Phi) is 7.81. The van der Waals surface area contributed by atoms with Gasteiger partial charge in [-0.15, -0.1) is 0 Å². The molecule has 1 aliphatic rings. The highest BCUT2D eigenvalue weighted by Gasteiger charge is 2.11. The van der Waals surface area contributed by atoms with E-state index in [0.29, 0.717) is 29.6 Å². The van der Waals surface area contributed by atoms with Crippen LogP contribution in [0.15, 0.2) is 73.5 Å². The van der Waals surface area contributed by atoms with Crippen LogP contribution in [0, 0.1) is 5.82 Å². The molecule has 190 valence electrons. The second-order valence-corrected chi connectivity index (χ2v) is 9.12. The van der Waals surface area contributed by atoms with Crippen molar-refractivity contribution in [2.75, 3.05) is 25.5 Å². The van der Waals surface area contributed by atoms with Crippen molar-refractivity contribution in [2.24, 2.45) is 0 Å². The first-order valence-corrected chi connectivity index (χ1v) is 12.4. The molecule has 0 saturated carbocycles. The first-order chi connectivity index (χ1) is 18.1. The molecule has 2 aromatic carbocycles. The minimum atomic E-state index is -0.365. The van der Waals surface area contributed by atoms with E-state index >= 15 is 0 Å². The third-order valence-corrected chi connectivity index (χ3v) is 6.16. The van der Waals surface area contributed by atoms with Gasteiger partial charge in [0.15, 0.2) is 0 Å². The van der Waals surface area contributed by atoms with E-state index in [4.69, 9.17) is 4.74 Å². The second kappa shape index (κ2) is 11.7. The van der Waals surface area contributed by atoms with E-state index in [-0.39, 0.29) is 5.82 Å². The molecular formula is C28H30FN7O. The van der Waals surface area contributed by atoms with Crippen molar-refractivity contribution in [3.8, 4) is 17.0 Å². The van der Waals surface area contributed by atoms with Gasteiger partial charge in [0.25, 0.3) is 0 Å². The lowest BCUT2D eigenvalue weighted by Crippen LogP contribution is -2.19. The van der Waals surface area contributed by atoms with Gasteiger partial charge in [0.05, 0.1) is 12.3 Å². The zero-order valence-corrected chi connectivity index (χ0v) is 20.8. The summed E-state index contributed by atoms with van der Waals surface area (Å²) < 4.78 is 22.0. The number of benzene rings is 2. The third kappa shape index (κ3) is 6.77. The summed E-state index contributed by atoms with van der Waals surface area (Å²) in [6, 6.07) is 12.8. The van der Waals surface area contributed by atoms with Gasteiger partial charge in [0.1, 0.15) is 24.2 Å². The highest BCUT2D eigenvalue weighted by Crippen LogP contribution is 2.26. The minimum absolute atomic E-state index is 0.365. The summed E-state index contributed by atoms with van der Waals surface area (Å²) in [6.07, 6.45) is 11.9. The number of fused-ring (bicyclic) bond motifs is 7. The lowest BCUT2D eigenvalue weighted by atomic mass is 10.0. The van der Waals surface area contributed by atoms with Crippen LogP contribution < -0.4 is 10.1 Å². The van der Waals surface area contributed by atoms with Crippen molar-refractivity contribution in [1.82, 2.24) is 29.6 Å². The van der Waals surface area contributed by atoms with Crippen LogP contribution in [0.3, 0.4) is 0 Å². The highest BCUT2D eigenvalue weighted by atomic mass is 19.1. The molecule has 37 heavy (non-hydrogen) atoms. The number of nitrogens with zero attached hydrogens (tertiary/aromatic N) is 6. The third-order valence-electron chi connectivity index (χ3n) is 6.16. The number of nitrogens with one attached hydrogen (secondary N) is 1. The number of aryl methyl sites for hydroxylation is 2. The van der Waals surface area contributed by atoms with Gasteiger partial charge in [0, 0.05) is 43.1 Å². The summed E-state index contributed by atoms with van der Waals surface area (Å²) in [6.45, 7) is 2.91. The maximum atomic E-state index is 14.3. The van der Waals surface area contributed by atoms with Crippen LogP contribution in [-0.4, -0.2) is 49.8 Å². The summed E-state index contributed by atoms with van der Waals surface area (Å²) in [5.41, 5.74) is 4.70. The number of halogens is 1. The molecule has 4 aromatic rings. The standard InChI is InChI=1S/C28H30FN7O/c1-35-11-3-2-4-13-37-26-16-22(14-24(29)17-26)27-9-10-31-28(34-27)33-25-8-7-21(23(15-25)18-35)6-5-12-36-20-30-19-32-36/h2-3,7-10,14-17,19-20H,4-6,11-13,18H2,1H3,(H,31,33,34). The van der Waals surface area contributed by atoms with E-state index in [1.807, 2.05) is 10.7 Å². The monoisotopic (exact) mass is 499 g/mol. The Morgan fingerprint density at radius 2 is 2.05 bits per heavy atom. The van der Waals surface area contributed by atoms with E-state index < -0.39 is 0 Å². The van der Waals surface area contributed by atoms with E-state index in [0.717, 1.165) is 44.6 Å². The Morgan fingerprint density at radius 3 is 2.95 bits per heavy atom. The largest absolute Gasteiger partial charge is 0.493 e. The molecule has 1 aliphatic heterocycles. The molecular weight excluding hydrogens is 469 g/mol. The smallest absolute Gasteiger partial charge is 0.227 e. The van der Waals surface area contributed by atoms with Crippen molar-refractivity contribution >= 4 is 11.6 Å². The Hall–Kier alpha value is -4.11. The lowest BCUT2D eigenvalue weighted by molar-refractivity contribution is 0.322. The van der Waals surface area contributed by atoms with E-state index in [1.165, 1.54) is 23.3 Å². The predicted molar refractivity (Wildman–Crippen MR) is 141 cm³/mol. The minimum Gasteiger partial charge on any atom is -0.493 e. The average molecular weight is 500 g/mol. The van der Waals surface area contributed by atoms with Gasteiger partial charge in [-0.1, -0.05) is 18.2 Å². The number of aromatic nitrogens is 5. The van der Waals surface area contributed by atoms with Crippen LogP contribution in [-0.2, 0) is 19.5 Å². The van der Waals surface area contributed by atoms with Crippen molar-refractivity contribution in [3.05, 3.63) is 90.4 Å². The van der Waals surface area contributed by atoms with E-state index in [1.54, 1.807) is 24.9 Å². The fraction of sp³-hybridized carbons (Fsp3) is 0.286. The Labute approximate surface area is 215 Å². The molecule has 0 aliphatic carbocycles. The zero-order valence-electron chi connectivity index (χ0n) is 20.8. The molecule has 2 aromatic heterocycles. The molecule has 6 bridgehead atoms. The number of rotatable bonds is 4. The molecule has 0 spiro atoms. The molecule has 3 heterocycles. The van der Waals surface area contributed by atoms with Gasteiger partial charge in [-0.3, -0.25) is 9.58 Å². The molecule has 9 heteroatoms. The Morgan fingerprint density at radius 1 is 1.11 bits per heavy atom. The average Bonchev–Trinajstić information content (AvgIpc) is 3.40. The summed E-state index contributed by atoms with van der Waals surface area (Å²) >= 11 is 0. The maximum absolute atomic E-state index is 14.3. The van der Waals surface area contributed by atoms with Gasteiger partial charge < -0.3 is 10.1 Å².